The van der Waals surface area contributed by atoms with Gasteiger partial charge in [0.25, 0.3) is 0 Å². The van der Waals surface area contributed by atoms with Gasteiger partial charge in [-0.15, -0.1) is 0 Å². The molecule has 0 aliphatic heterocycles. The predicted octanol–water partition coefficient (Wildman–Crippen LogP) is 3.14. The first kappa shape index (κ1) is 18.6. The first-order chi connectivity index (χ1) is 12.0. The van der Waals surface area contributed by atoms with Crippen molar-refractivity contribution in [1.29, 1.82) is 0 Å². The molecule has 0 radical (unpaired) electrons. The van der Waals surface area contributed by atoms with Crippen molar-refractivity contribution in [2.75, 3.05) is 0 Å². The lowest BCUT2D eigenvalue weighted by Crippen LogP contribution is -2.68. The van der Waals surface area contributed by atoms with Crippen molar-refractivity contribution in [1.82, 2.24) is 0 Å². The minimum Gasteiger partial charge on any atom is -0.393 e. The largest absolute Gasteiger partial charge is 0.393 e. The summed E-state index contributed by atoms with van der Waals surface area (Å²) < 4.78 is 0. The van der Waals surface area contributed by atoms with Gasteiger partial charge in [-0.3, -0.25) is 9.59 Å². The zero-order valence-corrected chi connectivity index (χ0v) is 16.6. The molecule has 4 saturated carbocycles. The van der Waals surface area contributed by atoms with E-state index in [1.54, 1.807) is 6.92 Å². The standard InChI is InChI=1S/C22H34O4/c1-12-9-15-17-6-5-16(13(2)23)20(17,3)11-18(25)19(15)21(4)8-7-14(24)10-22(12,21)26/h12,15-19,25-26H,5-11H2,1-4H3/t12-,15-,16-,17+,18+,19+,20+,21+,22-/m0/s1. The van der Waals surface area contributed by atoms with Crippen LogP contribution in [0.4, 0.5) is 0 Å². The van der Waals surface area contributed by atoms with Gasteiger partial charge in [0.05, 0.1) is 11.7 Å². The molecule has 0 spiro atoms. The molecule has 4 nitrogen and oxygen atoms in total. The quantitative estimate of drug-likeness (QED) is 0.751. The van der Waals surface area contributed by atoms with Crippen LogP contribution in [0.25, 0.3) is 0 Å². The first-order valence-corrected chi connectivity index (χ1v) is 10.5. The minimum absolute atomic E-state index is 0.0283. The average Bonchev–Trinajstić information content (AvgIpc) is 2.87. The third kappa shape index (κ3) is 2.15. The molecular formula is C22H34O4. The number of ketones is 2. The lowest BCUT2D eigenvalue weighted by Gasteiger charge is -2.66. The summed E-state index contributed by atoms with van der Waals surface area (Å²) in [5.74, 6) is 1.32. The number of hydrogen-bond donors (Lipinski definition) is 2. The number of fused-ring (bicyclic) bond motifs is 5. The van der Waals surface area contributed by atoms with E-state index in [4.69, 9.17) is 0 Å². The summed E-state index contributed by atoms with van der Waals surface area (Å²) in [6, 6.07) is 0. The Morgan fingerprint density at radius 1 is 1.23 bits per heavy atom. The highest BCUT2D eigenvalue weighted by Crippen LogP contribution is 2.69. The van der Waals surface area contributed by atoms with Crippen LogP contribution >= 0.6 is 0 Å². The molecule has 0 aromatic rings. The Hall–Kier alpha value is -0.740. The monoisotopic (exact) mass is 362 g/mol. The number of Topliss-reactive ketones (excluding diaryl/α,β-unsaturated/α-hetero) is 2. The van der Waals surface area contributed by atoms with E-state index >= 15 is 0 Å². The highest BCUT2D eigenvalue weighted by Gasteiger charge is 2.69. The number of aliphatic hydroxyl groups excluding tert-OH is 1. The van der Waals surface area contributed by atoms with Crippen LogP contribution in [0, 0.1) is 40.4 Å². The fourth-order valence-electron chi connectivity index (χ4n) is 8.25. The molecule has 0 bridgehead atoms. The summed E-state index contributed by atoms with van der Waals surface area (Å²) in [4.78, 5) is 24.4. The normalized spacial score (nSPS) is 56.5. The molecular weight excluding hydrogens is 328 g/mol. The van der Waals surface area contributed by atoms with Gasteiger partial charge in [-0.05, 0) is 68.1 Å². The van der Waals surface area contributed by atoms with Crippen molar-refractivity contribution in [3.63, 3.8) is 0 Å². The van der Waals surface area contributed by atoms with Crippen LogP contribution in [0.2, 0.25) is 0 Å². The molecule has 2 N–H and O–H groups in total. The van der Waals surface area contributed by atoms with Gasteiger partial charge in [0.1, 0.15) is 11.6 Å². The SMILES string of the molecule is CC(=O)[C@@H]1CC[C@@H]2[C@@H]3C[C@H](C)[C@@]4(O)CC(=O)CC[C@]4(C)[C@H]3[C@H](O)C[C@@]21C. The van der Waals surface area contributed by atoms with Gasteiger partial charge in [0.2, 0.25) is 0 Å². The highest BCUT2D eigenvalue weighted by atomic mass is 16.3. The Morgan fingerprint density at radius 2 is 1.92 bits per heavy atom. The minimum atomic E-state index is -1.00. The Balaban J connectivity index is 1.76. The molecule has 4 fully saturated rings. The van der Waals surface area contributed by atoms with E-state index in [-0.39, 0.29) is 41.2 Å². The molecule has 0 heterocycles. The maximum absolute atomic E-state index is 12.3. The number of rotatable bonds is 1. The van der Waals surface area contributed by atoms with Crippen molar-refractivity contribution in [2.45, 2.75) is 84.3 Å². The number of hydrogen-bond acceptors (Lipinski definition) is 4. The van der Waals surface area contributed by atoms with Gasteiger partial charge in [-0.2, -0.15) is 0 Å². The van der Waals surface area contributed by atoms with Crippen molar-refractivity contribution in [2.24, 2.45) is 40.4 Å². The number of aliphatic hydroxyl groups is 2. The van der Waals surface area contributed by atoms with Gasteiger partial charge in [0, 0.05) is 24.2 Å². The third-order valence-corrected chi connectivity index (χ3v) is 9.50. The van der Waals surface area contributed by atoms with E-state index < -0.39 is 17.1 Å². The Kier molecular flexibility index (Phi) is 4.03. The van der Waals surface area contributed by atoms with Gasteiger partial charge < -0.3 is 10.2 Å². The summed E-state index contributed by atoms with van der Waals surface area (Å²) in [7, 11) is 0. The Labute approximate surface area is 156 Å². The van der Waals surface area contributed by atoms with E-state index in [9.17, 15) is 19.8 Å². The first-order valence-electron chi connectivity index (χ1n) is 10.5. The van der Waals surface area contributed by atoms with Gasteiger partial charge in [-0.1, -0.05) is 20.8 Å². The lowest BCUT2D eigenvalue weighted by molar-refractivity contribution is -0.250. The summed E-state index contributed by atoms with van der Waals surface area (Å²) in [6.45, 7) is 8.13. The third-order valence-electron chi connectivity index (χ3n) is 9.50. The van der Waals surface area contributed by atoms with Crippen LogP contribution in [-0.4, -0.2) is 33.5 Å². The van der Waals surface area contributed by atoms with E-state index in [1.807, 2.05) is 0 Å². The van der Waals surface area contributed by atoms with Crippen LogP contribution in [0.3, 0.4) is 0 Å². The molecule has 0 unspecified atom stereocenters. The summed E-state index contributed by atoms with van der Waals surface area (Å²) in [6.07, 6.45) is 4.40. The molecule has 0 amide bonds. The zero-order chi connectivity index (χ0) is 19.1. The van der Waals surface area contributed by atoms with E-state index in [1.165, 1.54) is 0 Å². The molecule has 4 rings (SSSR count). The highest BCUT2D eigenvalue weighted by molar-refractivity contribution is 5.81. The van der Waals surface area contributed by atoms with Crippen LogP contribution in [0.5, 0.6) is 0 Å². The molecule has 4 aliphatic rings. The van der Waals surface area contributed by atoms with Crippen LogP contribution in [-0.2, 0) is 9.59 Å². The predicted molar refractivity (Wildman–Crippen MR) is 98.3 cm³/mol. The lowest BCUT2D eigenvalue weighted by atomic mass is 9.40. The fourth-order valence-corrected chi connectivity index (χ4v) is 8.25. The number of carbonyl (C=O) groups is 2. The molecule has 26 heavy (non-hydrogen) atoms. The average molecular weight is 363 g/mol. The molecule has 0 saturated heterocycles. The van der Waals surface area contributed by atoms with Crippen LogP contribution < -0.4 is 0 Å². The second-order valence-corrected chi connectivity index (χ2v) is 10.5. The second-order valence-electron chi connectivity index (χ2n) is 10.5. The Bertz CT molecular complexity index is 644. The fraction of sp³-hybridized carbons (Fsp3) is 0.909. The van der Waals surface area contributed by atoms with E-state index in [2.05, 4.69) is 20.8 Å². The molecule has 146 valence electrons. The smallest absolute Gasteiger partial charge is 0.135 e. The Morgan fingerprint density at radius 3 is 2.58 bits per heavy atom. The molecule has 0 aromatic carbocycles. The summed E-state index contributed by atoms with van der Waals surface area (Å²) in [5.41, 5.74) is -1.54. The van der Waals surface area contributed by atoms with Gasteiger partial charge in [-0.25, -0.2) is 0 Å². The van der Waals surface area contributed by atoms with Crippen LogP contribution in [0.15, 0.2) is 0 Å². The van der Waals surface area contributed by atoms with Crippen LogP contribution in [0.1, 0.15) is 72.6 Å². The maximum Gasteiger partial charge on any atom is 0.135 e. The van der Waals surface area contributed by atoms with Gasteiger partial charge >= 0.3 is 0 Å². The van der Waals surface area contributed by atoms with E-state index in [0.29, 0.717) is 31.1 Å². The van der Waals surface area contributed by atoms with Gasteiger partial charge in [0.15, 0.2) is 0 Å². The van der Waals surface area contributed by atoms with Crippen molar-refractivity contribution >= 4 is 11.6 Å². The summed E-state index contributed by atoms with van der Waals surface area (Å²) >= 11 is 0. The molecule has 0 aromatic heterocycles. The maximum atomic E-state index is 12.3. The topological polar surface area (TPSA) is 74.6 Å². The van der Waals surface area contributed by atoms with Crippen molar-refractivity contribution in [3.8, 4) is 0 Å². The molecule has 9 atom stereocenters. The van der Waals surface area contributed by atoms with Crippen molar-refractivity contribution < 1.29 is 19.8 Å². The van der Waals surface area contributed by atoms with Crippen molar-refractivity contribution in [3.05, 3.63) is 0 Å². The number of carbonyl (C=O) groups excluding carboxylic acids is 2. The second kappa shape index (κ2) is 5.64. The molecule has 4 heteroatoms. The molecule has 4 aliphatic carbocycles. The van der Waals surface area contributed by atoms with E-state index in [0.717, 1.165) is 19.3 Å². The zero-order valence-electron chi connectivity index (χ0n) is 16.6. The summed E-state index contributed by atoms with van der Waals surface area (Å²) in [5, 5.41) is 22.9.